The Kier molecular flexibility index (Phi) is 4.11. The van der Waals surface area contributed by atoms with Gasteiger partial charge in [0.25, 0.3) is 0 Å². The van der Waals surface area contributed by atoms with Crippen LogP contribution >= 0.6 is 0 Å². The summed E-state index contributed by atoms with van der Waals surface area (Å²) in [7, 11) is -1.67. The summed E-state index contributed by atoms with van der Waals surface area (Å²) < 4.78 is 5.15. The van der Waals surface area contributed by atoms with Crippen molar-refractivity contribution in [2.75, 3.05) is 0 Å². The van der Waals surface area contributed by atoms with Crippen LogP contribution in [0.4, 0.5) is 0 Å². The lowest BCUT2D eigenvalue weighted by atomic mass is 10.4. The van der Waals surface area contributed by atoms with Crippen LogP contribution in [0.1, 0.15) is 13.3 Å². The van der Waals surface area contributed by atoms with Gasteiger partial charge in [-0.3, -0.25) is 0 Å². The zero-order valence-electron chi connectivity index (χ0n) is 7.68. The van der Waals surface area contributed by atoms with Crippen LogP contribution < -0.4 is 0 Å². The molecule has 0 aliphatic heterocycles. The molecule has 3 heteroatoms. The molecule has 0 aromatic rings. The lowest BCUT2D eigenvalue weighted by molar-refractivity contribution is -0.129. The molecule has 0 aromatic carbocycles. The molecule has 0 amide bonds. The van der Waals surface area contributed by atoms with Crippen molar-refractivity contribution < 1.29 is 9.22 Å². The van der Waals surface area contributed by atoms with E-state index >= 15 is 0 Å². The van der Waals surface area contributed by atoms with Crippen LogP contribution in [0.25, 0.3) is 0 Å². The minimum atomic E-state index is -1.67. The van der Waals surface area contributed by atoms with Gasteiger partial charge in [-0.2, -0.15) is 0 Å². The van der Waals surface area contributed by atoms with E-state index in [2.05, 4.69) is 0 Å². The minimum absolute atomic E-state index is 0.203. The number of hydrogen-bond donors (Lipinski definition) is 0. The Bertz CT molecular complexity index is 156. The van der Waals surface area contributed by atoms with Crippen molar-refractivity contribution in [3.8, 4) is 0 Å². The number of carbonyl (C=O) groups is 1. The molecule has 0 aliphatic carbocycles. The molecule has 0 unspecified atom stereocenters. The molecule has 0 bridgehead atoms. The number of rotatable bonds is 3. The van der Waals surface area contributed by atoms with Crippen molar-refractivity contribution >= 4 is 14.3 Å². The highest BCUT2D eigenvalue weighted by molar-refractivity contribution is 6.71. The van der Waals surface area contributed by atoms with Crippen LogP contribution in [0.5, 0.6) is 0 Å². The molecule has 0 aromatic heterocycles. The van der Waals surface area contributed by atoms with E-state index in [1.54, 1.807) is 0 Å². The summed E-state index contributed by atoms with van der Waals surface area (Å²) in [6, 6.07) is 0. The Morgan fingerprint density at radius 3 is 2.36 bits per heavy atom. The second-order valence-electron chi connectivity index (χ2n) is 3.34. The largest absolute Gasteiger partial charge is 0.517 e. The number of hydrogen-bond acceptors (Lipinski definition) is 2. The highest BCUT2D eigenvalue weighted by Gasteiger charge is 2.17. The summed E-state index contributed by atoms with van der Waals surface area (Å²) >= 11 is 0. The van der Waals surface area contributed by atoms with Crippen molar-refractivity contribution in [3.63, 3.8) is 0 Å². The van der Waals surface area contributed by atoms with Crippen LogP contribution in [0, 0.1) is 0 Å². The Morgan fingerprint density at radius 2 is 2.00 bits per heavy atom. The van der Waals surface area contributed by atoms with Crippen LogP contribution in [0.2, 0.25) is 19.6 Å². The maximum atomic E-state index is 10.9. The first-order valence-electron chi connectivity index (χ1n) is 3.85. The van der Waals surface area contributed by atoms with Gasteiger partial charge >= 0.3 is 5.97 Å². The maximum absolute atomic E-state index is 10.9. The Hall–Kier alpha value is -0.573. The highest BCUT2D eigenvalue weighted by Crippen LogP contribution is 2.02. The molecule has 0 saturated carbocycles. The molecule has 0 radical (unpaired) electrons. The third-order valence-corrected chi connectivity index (χ3v) is 1.71. The van der Waals surface area contributed by atoms with Crippen molar-refractivity contribution in [1.82, 2.24) is 0 Å². The zero-order chi connectivity index (χ0) is 8.91. The standard InChI is InChI=1S/C8H16O2Si/c1-5-6-7-8(9)10-11(2,3)4/h6-7H,5H2,1-4H3. The quantitative estimate of drug-likeness (QED) is 0.482. The van der Waals surface area contributed by atoms with Gasteiger partial charge in [-0.1, -0.05) is 13.0 Å². The lowest BCUT2D eigenvalue weighted by Gasteiger charge is -2.15. The molecule has 64 valence electrons. The summed E-state index contributed by atoms with van der Waals surface area (Å²) in [5, 5.41) is 0. The molecular weight excluding hydrogens is 156 g/mol. The van der Waals surface area contributed by atoms with E-state index in [9.17, 15) is 4.79 Å². The predicted molar refractivity (Wildman–Crippen MR) is 48.9 cm³/mol. The smallest absolute Gasteiger partial charge is 0.317 e. The molecule has 0 aliphatic rings. The second kappa shape index (κ2) is 4.33. The SMILES string of the molecule is CCC=CC(=O)O[Si](C)(C)C. The van der Waals surface area contributed by atoms with Gasteiger partial charge in [0.1, 0.15) is 0 Å². The van der Waals surface area contributed by atoms with Crippen molar-refractivity contribution in [1.29, 1.82) is 0 Å². The van der Waals surface area contributed by atoms with Gasteiger partial charge in [0, 0.05) is 6.08 Å². The summed E-state index contributed by atoms with van der Waals surface area (Å²) in [6.07, 6.45) is 4.18. The first-order chi connectivity index (χ1) is 4.95. The first-order valence-corrected chi connectivity index (χ1v) is 7.26. The maximum Gasteiger partial charge on any atom is 0.317 e. The van der Waals surface area contributed by atoms with E-state index in [1.807, 2.05) is 32.6 Å². The summed E-state index contributed by atoms with van der Waals surface area (Å²) in [4.78, 5) is 10.9. The van der Waals surface area contributed by atoms with Gasteiger partial charge in [-0.15, -0.1) is 0 Å². The van der Waals surface area contributed by atoms with Gasteiger partial charge < -0.3 is 4.43 Å². The molecule has 0 saturated heterocycles. The fraction of sp³-hybridized carbons (Fsp3) is 0.625. The topological polar surface area (TPSA) is 26.3 Å². The molecule has 0 rings (SSSR count). The van der Waals surface area contributed by atoms with E-state index < -0.39 is 8.32 Å². The Morgan fingerprint density at radius 1 is 1.45 bits per heavy atom. The van der Waals surface area contributed by atoms with Crippen molar-refractivity contribution in [3.05, 3.63) is 12.2 Å². The van der Waals surface area contributed by atoms with Gasteiger partial charge in [-0.25, -0.2) is 4.79 Å². The van der Waals surface area contributed by atoms with E-state index in [1.165, 1.54) is 6.08 Å². The van der Waals surface area contributed by atoms with Gasteiger partial charge in [0.05, 0.1) is 0 Å². The molecule has 2 nitrogen and oxygen atoms in total. The monoisotopic (exact) mass is 172 g/mol. The minimum Gasteiger partial charge on any atom is -0.517 e. The van der Waals surface area contributed by atoms with Gasteiger partial charge in [-0.05, 0) is 26.1 Å². The summed E-state index contributed by atoms with van der Waals surface area (Å²) in [6.45, 7) is 7.96. The Balaban J connectivity index is 3.80. The van der Waals surface area contributed by atoms with Gasteiger partial charge in [0.15, 0.2) is 0 Å². The van der Waals surface area contributed by atoms with Crippen LogP contribution in [-0.4, -0.2) is 14.3 Å². The normalized spacial score (nSPS) is 12.0. The Labute approximate surface area is 69.4 Å². The fourth-order valence-electron chi connectivity index (χ4n) is 0.550. The highest BCUT2D eigenvalue weighted by atomic mass is 28.4. The molecular formula is C8H16O2Si. The summed E-state index contributed by atoms with van der Waals surface area (Å²) in [5.74, 6) is -0.203. The number of allylic oxidation sites excluding steroid dienone is 1. The zero-order valence-corrected chi connectivity index (χ0v) is 8.68. The second-order valence-corrected chi connectivity index (χ2v) is 7.77. The lowest BCUT2D eigenvalue weighted by Crippen LogP contribution is -2.28. The predicted octanol–water partition coefficient (Wildman–Crippen LogP) is 2.33. The molecule has 0 heterocycles. The van der Waals surface area contributed by atoms with Crippen LogP contribution in [-0.2, 0) is 9.22 Å². The van der Waals surface area contributed by atoms with E-state index in [4.69, 9.17) is 4.43 Å². The van der Waals surface area contributed by atoms with Gasteiger partial charge in [0.2, 0.25) is 8.32 Å². The number of carbonyl (C=O) groups excluding carboxylic acids is 1. The molecule has 11 heavy (non-hydrogen) atoms. The first kappa shape index (κ1) is 10.4. The molecule has 0 N–H and O–H groups in total. The summed E-state index contributed by atoms with van der Waals surface area (Å²) in [5.41, 5.74) is 0. The van der Waals surface area contributed by atoms with Crippen LogP contribution in [0.15, 0.2) is 12.2 Å². The van der Waals surface area contributed by atoms with Crippen molar-refractivity contribution in [2.45, 2.75) is 33.0 Å². The third kappa shape index (κ3) is 7.32. The third-order valence-electron chi connectivity index (χ3n) is 0.896. The van der Waals surface area contributed by atoms with Crippen LogP contribution in [0.3, 0.4) is 0 Å². The average molecular weight is 172 g/mol. The van der Waals surface area contributed by atoms with E-state index in [0.29, 0.717) is 0 Å². The fourth-order valence-corrected chi connectivity index (χ4v) is 1.22. The van der Waals surface area contributed by atoms with Crippen molar-refractivity contribution in [2.24, 2.45) is 0 Å². The molecule has 0 atom stereocenters. The van der Waals surface area contributed by atoms with E-state index in [0.717, 1.165) is 6.42 Å². The average Bonchev–Trinajstić information content (AvgIpc) is 1.79. The van der Waals surface area contributed by atoms with E-state index in [-0.39, 0.29) is 5.97 Å². The molecule has 0 fully saturated rings. The molecule has 0 spiro atoms.